The molecule has 2 rings (SSSR count). The zero-order valence-corrected chi connectivity index (χ0v) is 16.3. The van der Waals surface area contributed by atoms with Gasteiger partial charge in [-0.1, -0.05) is 26.0 Å². The standard InChI is InChI=1S/C20H31NO5/c1-12(2)14-7-6-13(3)10-16(14)26-20(4,5)19(24)21-15-8-9-25-17(11-22)18(15)23/h6-7,10,12,15,17-18,22-23H,8-9,11H2,1-5H3,(H,21,24)/t15-,17+,18-/m0/s1. The van der Waals surface area contributed by atoms with E-state index in [9.17, 15) is 15.0 Å². The molecule has 3 atom stereocenters. The number of hydrogen-bond acceptors (Lipinski definition) is 5. The normalized spacial score (nSPS) is 23.8. The van der Waals surface area contributed by atoms with E-state index in [0.717, 1.165) is 11.1 Å². The Balaban J connectivity index is 2.12. The van der Waals surface area contributed by atoms with Crippen LogP contribution in [0.5, 0.6) is 5.75 Å². The van der Waals surface area contributed by atoms with E-state index in [1.165, 1.54) is 0 Å². The summed E-state index contributed by atoms with van der Waals surface area (Å²) in [6, 6.07) is 5.52. The number of rotatable bonds is 6. The zero-order chi connectivity index (χ0) is 19.5. The van der Waals surface area contributed by atoms with Crippen LogP contribution in [0.15, 0.2) is 18.2 Å². The van der Waals surface area contributed by atoms with Gasteiger partial charge in [-0.25, -0.2) is 0 Å². The molecule has 1 aliphatic rings. The Kier molecular flexibility index (Phi) is 6.66. The molecule has 6 nitrogen and oxygen atoms in total. The number of aliphatic hydroxyl groups is 2. The number of hydrogen-bond donors (Lipinski definition) is 3. The first-order chi connectivity index (χ1) is 12.2. The van der Waals surface area contributed by atoms with E-state index in [4.69, 9.17) is 9.47 Å². The molecule has 1 aliphatic heterocycles. The van der Waals surface area contributed by atoms with Crippen molar-refractivity contribution in [2.24, 2.45) is 0 Å². The molecule has 26 heavy (non-hydrogen) atoms. The lowest BCUT2D eigenvalue weighted by Gasteiger charge is -2.36. The second-order valence-corrected chi connectivity index (χ2v) is 7.76. The first kappa shape index (κ1) is 20.7. The van der Waals surface area contributed by atoms with Gasteiger partial charge in [0.2, 0.25) is 0 Å². The summed E-state index contributed by atoms with van der Waals surface area (Å²) in [6.07, 6.45) is -1.14. The number of aryl methyl sites for hydroxylation is 1. The maximum absolute atomic E-state index is 12.8. The topological polar surface area (TPSA) is 88.0 Å². The molecule has 1 aromatic carbocycles. The maximum Gasteiger partial charge on any atom is 0.263 e. The summed E-state index contributed by atoms with van der Waals surface area (Å²) in [5.74, 6) is 0.657. The third-order valence-electron chi connectivity index (χ3n) is 4.75. The molecular formula is C20H31NO5. The van der Waals surface area contributed by atoms with Crippen molar-refractivity contribution >= 4 is 5.91 Å². The quantitative estimate of drug-likeness (QED) is 0.717. The summed E-state index contributed by atoms with van der Waals surface area (Å²) in [4.78, 5) is 12.8. The monoisotopic (exact) mass is 365 g/mol. The summed E-state index contributed by atoms with van der Waals surface area (Å²) in [5, 5.41) is 22.4. The van der Waals surface area contributed by atoms with E-state index in [-0.39, 0.29) is 18.4 Å². The number of benzene rings is 1. The predicted octanol–water partition coefficient (Wildman–Crippen LogP) is 1.90. The van der Waals surface area contributed by atoms with Crippen LogP contribution in [-0.4, -0.2) is 53.2 Å². The lowest BCUT2D eigenvalue weighted by molar-refractivity contribution is -0.142. The minimum Gasteiger partial charge on any atom is -0.478 e. The van der Waals surface area contributed by atoms with Crippen LogP contribution >= 0.6 is 0 Å². The Morgan fingerprint density at radius 2 is 2.12 bits per heavy atom. The van der Waals surface area contributed by atoms with Crippen molar-refractivity contribution in [3.05, 3.63) is 29.3 Å². The second kappa shape index (κ2) is 8.37. The highest BCUT2D eigenvalue weighted by Gasteiger charge is 2.38. The fraction of sp³-hybridized carbons (Fsp3) is 0.650. The van der Waals surface area contributed by atoms with Crippen LogP contribution in [0, 0.1) is 6.92 Å². The molecule has 0 unspecified atom stereocenters. The Morgan fingerprint density at radius 3 is 2.73 bits per heavy atom. The van der Waals surface area contributed by atoms with Gasteiger partial charge in [0.15, 0.2) is 5.60 Å². The number of carbonyl (C=O) groups is 1. The zero-order valence-electron chi connectivity index (χ0n) is 16.3. The van der Waals surface area contributed by atoms with E-state index >= 15 is 0 Å². The Morgan fingerprint density at radius 1 is 1.42 bits per heavy atom. The van der Waals surface area contributed by atoms with Gasteiger partial charge in [-0.3, -0.25) is 4.79 Å². The average Bonchev–Trinajstić information content (AvgIpc) is 2.56. The highest BCUT2D eigenvalue weighted by molar-refractivity contribution is 5.85. The molecule has 6 heteroatoms. The van der Waals surface area contributed by atoms with Crippen LogP contribution < -0.4 is 10.1 Å². The van der Waals surface area contributed by atoms with Gasteiger partial charge in [0.25, 0.3) is 5.91 Å². The number of nitrogens with one attached hydrogen (secondary N) is 1. The lowest BCUT2D eigenvalue weighted by Crippen LogP contribution is -2.58. The molecule has 1 fully saturated rings. The summed E-state index contributed by atoms with van der Waals surface area (Å²) in [7, 11) is 0. The van der Waals surface area contributed by atoms with E-state index < -0.39 is 23.9 Å². The summed E-state index contributed by atoms with van der Waals surface area (Å²) in [5.41, 5.74) is 0.999. The third kappa shape index (κ3) is 4.75. The second-order valence-electron chi connectivity index (χ2n) is 7.76. The summed E-state index contributed by atoms with van der Waals surface area (Å²) < 4.78 is 11.4. The SMILES string of the molecule is Cc1ccc(C(C)C)c(OC(C)(C)C(=O)N[C@H]2CCO[C@H](CO)[C@H]2O)c1. The van der Waals surface area contributed by atoms with Crippen LogP contribution in [0.25, 0.3) is 0 Å². The van der Waals surface area contributed by atoms with Crippen molar-refractivity contribution in [3.63, 3.8) is 0 Å². The molecule has 146 valence electrons. The van der Waals surface area contributed by atoms with E-state index in [2.05, 4.69) is 19.2 Å². The lowest BCUT2D eigenvalue weighted by atomic mass is 9.97. The minimum atomic E-state index is -1.11. The molecule has 0 radical (unpaired) electrons. The van der Waals surface area contributed by atoms with Gasteiger partial charge < -0.3 is 25.0 Å². The van der Waals surface area contributed by atoms with Gasteiger partial charge in [-0.2, -0.15) is 0 Å². The summed E-state index contributed by atoms with van der Waals surface area (Å²) >= 11 is 0. The first-order valence-electron chi connectivity index (χ1n) is 9.16. The van der Waals surface area contributed by atoms with Gasteiger partial charge in [0.05, 0.1) is 12.6 Å². The molecule has 1 amide bonds. The molecule has 0 spiro atoms. The van der Waals surface area contributed by atoms with Crippen LogP contribution in [0.1, 0.15) is 51.2 Å². The first-order valence-corrected chi connectivity index (χ1v) is 9.16. The fourth-order valence-electron chi connectivity index (χ4n) is 3.06. The number of carbonyl (C=O) groups excluding carboxylic acids is 1. The highest BCUT2D eigenvalue weighted by atomic mass is 16.5. The molecule has 0 aliphatic carbocycles. The molecule has 1 heterocycles. The Bertz CT molecular complexity index is 629. The van der Waals surface area contributed by atoms with E-state index in [0.29, 0.717) is 18.8 Å². The fourth-order valence-corrected chi connectivity index (χ4v) is 3.06. The van der Waals surface area contributed by atoms with Crippen molar-refractivity contribution in [1.82, 2.24) is 5.32 Å². The number of aliphatic hydroxyl groups excluding tert-OH is 2. The average molecular weight is 365 g/mol. The van der Waals surface area contributed by atoms with Crippen LogP contribution in [0.4, 0.5) is 0 Å². The van der Waals surface area contributed by atoms with Gasteiger partial charge in [-0.15, -0.1) is 0 Å². The Hall–Kier alpha value is -1.63. The molecule has 3 N–H and O–H groups in total. The highest BCUT2D eigenvalue weighted by Crippen LogP contribution is 2.30. The van der Waals surface area contributed by atoms with Crippen molar-refractivity contribution in [3.8, 4) is 5.75 Å². The number of amides is 1. The maximum atomic E-state index is 12.8. The molecule has 0 saturated carbocycles. The van der Waals surface area contributed by atoms with Crippen molar-refractivity contribution < 1.29 is 24.5 Å². The third-order valence-corrected chi connectivity index (χ3v) is 4.75. The van der Waals surface area contributed by atoms with Crippen molar-refractivity contribution in [2.45, 2.75) is 70.8 Å². The molecular weight excluding hydrogens is 334 g/mol. The van der Waals surface area contributed by atoms with E-state index in [1.807, 2.05) is 25.1 Å². The smallest absolute Gasteiger partial charge is 0.263 e. The molecule has 0 aromatic heterocycles. The van der Waals surface area contributed by atoms with Gasteiger partial charge >= 0.3 is 0 Å². The summed E-state index contributed by atoms with van der Waals surface area (Å²) in [6.45, 7) is 9.67. The van der Waals surface area contributed by atoms with Gasteiger partial charge in [0, 0.05) is 6.61 Å². The molecule has 0 bridgehead atoms. The van der Waals surface area contributed by atoms with E-state index in [1.54, 1.807) is 13.8 Å². The van der Waals surface area contributed by atoms with Crippen LogP contribution in [0.3, 0.4) is 0 Å². The van der Waals surface area contributed by atoms with Crippen LogP contribution in [0.2, 0.25) is 0 Å². The minimum absolute atomic E-state index is 0.270. The number of ether oxygens (including phenoxy) is 2. The molecule has 1 saturated heterocycles. The van der Waals surface area contributed by atoms with Crippen molar-refractivity contribution in [2.75, 3.05) is 13.2 Å². The van der Waals surface area contributed by atoms with Gasteiger partial charge in [-0.05, 0) is 50.3 Å². The largest absolute Gasteiger partial charge is 0.478 e. The Labute approximate surface area is 155 Å². The molecule has 1 aromatic rings. The predicted molar refractivity (Wildman–Crippen MR) is 99.4 cm³/mol. The van der Waals surface area contributed by atoms with Crippen molar-refractivity contribution in [1.29, 1.82) is 0 Å². The van der Waals surface area contributed by atoms with Crippen LogP contribution in [-0.2, 0) is 9.53 Å². The van der Waals surface area contributed by atoms with Gasteiger partial charge in [0.1, 0.15) is 18.0 Å².